The molecule has 4 heteroatoms. The molecule has 0 bridgehead atoms. The van der Waals surface area contributed by atoms with Gasteiger partial charge in [0.2, 0.25) is 0 Å². The molecule has 0 spiro atoms. The van der Waals surface area contributed by atoms with Gasteiger partial charge in [-0.1, -0.05) is 15.9 Å². The van der Waals surface area contributed by atoms with Crippen molar-refractivity contribution in [1.82, 2.24) is 0 Å². The van der Waals surface area contributed by atoms with Crippen LogP contribution in [0.2, 0.25) is 0 Å². The van der Waals surface area contributed by atoms with E-state index >= 15 is 0 Å². The van der Waals surface area contributed by atoms with Gasteiger partial charge < -0.3 is 14.6 Å². The number of hydrogen-bond donors (Lipinski definition) is 1. The van der Waals surface area contributed by atoms with Gasteiger partial charge in [-0.25, -0.2) is 0 Å². The van der Waals surface area contributed by atoms with E-state index in [1.54, 1.807) is 0 Å². The predicted molar refractivity (Wildman–Crippen MR) is 57.6 cm³/mol. The fraction of sp³-hybridized carbons (Fsp3) is 0.455. The lowest BCUT2D eigenvalue weighted by Gasteiger charge is -2.21. The van der Waals surface area contributed by atoms with E-state index in [1.807, 2.05) is 12.1 Å². The lowest BCUT2D eigenvalue weighted by atomic mass is 10.0. The van der Waals surface area contributed by atoms with Crippen LogP contribution in [0.3, 0.4) is 0 Å². The molecule has 1 aliphatic carbocycles. The van der Waals surface area contributed by atoms with Gasteiger partial charge in [-0.05, 0) is 25.0 Å². The van der Waals surface area contributed by atoms with Crippen molar-refractivity contribution in [1.29, 1.82) is 0 Å². The monoisotopic (exact) mass is 270 g/mol. The zero-order valence-electron chi connectivity index (χ0n) is 8.12. The molecule has 1 heterocycles. The van der Waals surface area contributed by atoms with Crippen molar-refractivity contribution < 1.29 is 14.6 Å². The molecule has 1 saturated carbocycles. The SMILES string of the molecule is OC1(c2cc3c(cc2Br)COCO3)CC1. The summed E-state index contributed by atoms with van der Waals surface area (Å²) in [6.45, 7) is 0.874. The first-order chi connectivity index (χ1) is 7.19. The molecule has 15 heavy (non-hydrogen) atoms. The Bertz CT molecular complexity index is 413. The summed E-state index contributed by atoms with van der Waals surface area (Å²) >= 11 is 3.48. The molecule has 1 N–H and O–H groups in total. The largest absolute Gasteiger partial charge is 0.467 e. The Morgan fingerprint density at radius 1 is 1.33 bits per heavy atom. The van der Waals surface area contributed by atoms with Crippen LogP contribution >= 0.6 is 15.9 Å². The van der Waals surface area contributed by atoms with E-state index in [-0.39, 0.29) is 0 Å². The highest BCUT2D eigenvalue weighted by atomic mass is 79.9. The fourth-order valence-corrected chi connectivity index (χ4v) is 2.60. The zero-order valence-corrected chi connectivity index (χ0v) is 9.71. The minimum absolute atomic E-state index is 0.298. The van der Waals surface area contributed by atoms with Gasteiger partial charge in [-0.3, -0.25) is 0 Å². The van der Waals surface area contributed by atoms with E-state index in [0.29, 0.717) is 13.4 Å². The highest BCUT2D eigenvalue weighted by molar-refractivity contribution is 9.10. The predicted octanol–water partition coefficient (Wildman–Crippen LogP) is 2.30. The van der Waals surface area contributed by atoms with Crippen LogP contribution in [0.25, 0.3) is 0 Å². The van der Waals surface area contributed by atoms with Gasteiger partial charge in [0.15, 0.2) is 6.79 Å². The lowest BCUT2D eigenvalue weighted by molar-refractivity contribution is -0.0167. The van der Waals surface area contributed by atoms with Gasteiger partial charge in [0.1, 0.15) is 5.75 Å². The van der Waals surface area contributed by atoms with Crippen molar-refractivity contribution in [2.75, 3.05) is 6.79 Å². The van der Waals surface area contributed by atoms with Gasteiger partial charge >= 0.3 is 0 Å². The van der Waals surface area contributed by atoms with E-state index in [1.165, 1.54) is 0 Å². The van der Waals surface area contributed by atoms with E-state index < -0.39 is 5.60 Å². The summed E-state index contributed by atoms with van der Waals surface area (Å²) in [5.74, 6) is 0.833. The molecule has 0 saturated heterocycles. The third-order valence-electron chi connectivity index (χ3n) is 2.93. The van der Waals surface area contributed by atoms with E-state index in [9.17, 15) is 5.11 Å². The maximum absolute atomic E-state index is 10.1. The summed E-state index contributed by atoms with van der Waals surface area (Å²) in [7, 11) is 0. The Morgan fingerprint density at radius 2 is 2.13 bits per heavy atom. The van der Waals surface area contributed by atoms with Gasteiger partial charge in [-0.15, -0.1) is 0 Å². The number of fused-ring (bicyclic) bond motifs is 1. The summed E-state index contributed by atoms with van der Waals surface area (Å²) in [5.41, 5.74) is 1.33. The molecule has 0 radical (unpaired) electrons. The molecule has 80 valence electrons. The molecular formula is C11H11BrO3. The minimum atomic E-state index is -0.629. The average molecular weight is 271 g/mol. The summed E-state index contributed by atoms with van der Waals surface area (Å²) in [6.07, 6.45) is 1.67. The Hall–Kier alpha value is -0.580. The van der Waals surface area contributed by atoms with Gasteiger partial charge in [-0.2, -0.15) is 0 Å². The molecular weight excluding hydrogens is 260 g/mol. The van der Waals surface area contributed by atoms with Crippen LogP contribution in [-0.4, -0.2) is 11.9 Å². The second-order valence-electron chi connectivity index (χ2n) is 4.08. The summed E-state index contributed by atoms with van der Waals surface area (Å²) in [4.78, 5) is 0. The molecule has 1 aromatic rings. The van der Waals surface area contributed by atoms with Crippen LogP contribution in [-0.2, 0) is 16.9 Å². The minimum Gasteiger partial charge on any atom is -0.467 e. The zero-order chi connectivity index (χ0) is 10.5. The van der Waals surface area contributed by atoms with Crippen LogP contribution in [0, 0.1) is 0 Å². The van der Waals surface area contributed by atoms with Crippen molar-refractivity contribution in [2.45, 2.75) is 25.0 Å². The molecule has 0 aromatic heterocycles. The molecule has 0 amide bonds. The Kier molecular flexibility index (Phi) is 2.06. The maximum Gasteiger partial charge on any atom is 0.189 e. The van der Waals surface area contributed by atoms with E-state index in [2.05, 4.69) is 15.9 Å². The molecule has 0 unspecified atom stereocenters. The number of ether oxygens (including phenoxy) is 2. The molecule has 3 nitrogen and oxygen atoms in total. The molecule has 2 aliphatic rings. The molecule has 0 atom stereocenters. The van der Waals surface area contributed by atoms with Gasteiger partial charge in [0.05, 0.1) is 12.2 Å². The topological polar surface area (TPSA) is 38.7 Å². The first kappa shape index (κ1) is 9.63. The quantitative estimate of drug-likeness (QED) is 0.851. The first-order valence-electron chi connectivity index (χ1n) is 4.95. The number of rotatable bonds is 1. The van der Waals surface area contributed by atoms with Crippen LogP contribution in [0.5, 0.6) is 5.75 Å². The van der Waals surface area contributed by atoms with Gasteiger partial charge in [0, 0.05) is 15.6 Å². The van der Waals surface area contributed by atoms with Crippen LogP contribution in [0.4, 0.5) is 0 Å². The fourth-order valence-electron chi connectivity index (χ4n) is 1.84. The van der Waals surface area contributed by atoms with Gasteiger partial charge in [0.25, 0.3) is 0 Å². The molecule has 1 aliphatic heterocycles. The van der Waals surface area contributed by atoms with Crippen molar-refractivity contribution >= 4 is 15.9 Å². The van der Waals surface area contributed by atoms with E-state index in [4.69, 9.17) is 9.47 Å². The standard InChI is InChI=1S/C11H11BrO3/c12-9-3-7-5-14-6-15-10(7)4-8(9)11(13)1-2-11/h3-4,13H,1-2,5-6H2. The van der Waals surface area contributed by atoms with E-state index in [0.717, 1.165) is 34.2 Å². The molecule has 3 rings (SSSR count). The third-order valence-corrected chi connectivity index (χ3v) is 3.59. The highest BCUT2D eigenvalue weighted by Crippen LogP contribution is 2.49. The number of benzene rings is 1. The lowest BCUT2D eigenvalue weighted by Crippen LogP contribution is -2.14. The summed E-state index contributed by atoms with van der Waals surface area (Å²) in [6, 6.07) is 3.90. The first-order valence-corrected chi connectivity index (χ1v) is 5.74. The second-order valence-corrected chi connectivity index (χ2v) is 4.94. The average Bonchev–Trinajstić information content (AvgIpc) is 2.96. The van der Waals surface area contributed by atoms with Crippen molar-refractivity contribution in [2.24, 2.45) is 0 Å². The maximum atomic E-state index is 10.1. The number of halogens is 1. The summed E-state index contributed by atoms with van der Waals surface area (Å²) in [5, 5.41) is 10.1. The molecule has 1 aromatic carbocycles. The number of hydrogen-bond acceptors (Lipinski definition) is 3. The van der Waals surface area contributed by atoms with Crippen LogP contribution < -0.4 is 4.74 Å². The second kappa shape index (κ2) is 3.20. The Morgan fingerprint density at radius 3 is 2.87 bits per heavy atom. The normalized spacial score (nSPS) is 21.7. The van der Waals surface area contributed by atoms with Crippen molar-refractivity contribution in [3.63, 3.8) is 0 Å². The van der Waals surface area contributed by atoms with Crippen molar-refractivity contribution in [3.05, 3.63) is 27.7 Å². The van der Waals surface area contributed by atoms with Crippen LogP contribution in [0.15, 0.2) is 16.6 Å². The Labute approximate surface area is 96.1 Å². The smallest absolute Gasteiger partial charge is 0.189 e. The summed E-state index contributed by atoms with van der Waals surface area (Å²) < 4.78 is 11.5. The number of aliphatic hydroxyl groups is 1. The molecule has 1 fully saturated rings. The highest BCUT2D eigenvalue weighted by Gasteiger charge is 2.44. The van der Waals surface area contributed by atoms with Crippen molar-refractivity contribution in [3.8, 4) is 5.75 Å². The van der Waals surface area contributed by atoms with Crippen LogP contribution in [0.1, 0.15) is 24.0 Å². The third kappa shape index (κ3) is 1.57. The Balaban J connectivity index is 2.08.